The number of anilines is 1. The maximum Gasteiger partial charge on any atom is 0.366 e. The fraction of sp³-hybridized carbons (Fsp3) is 0.682. The Kier molecular flexibility index (Phi) is 5.28. The average Bonchev–Trinajstić information content (AvgIpc) is 2.95. The number of aryl methyl sites for hydroxylation is 1. The Labute approximate surface area is 173 Å². The Morgan fingerprint density at radius 2 is 2.00 bits per heavy atom. The van der Waals surface area contributed by atoms with Crippen LogP contribution in [-0.4, -0.2) is 30.1 Å². The number of fused-ring (bicyclic) bond motifs is 5. The van der Waals surface area contributed by atoms with Gasteiger partial charge in [0.1, 0.15) is 0 Å². The molecule has 0 spiro atoms. The van der Waals surface area contributed by atoms with Gasteiger partial charge in [-0.15, -0.1) is 0 Å². The van der Waals surface area contributed by atoms with Crippen LogP contribution in [0.15, 0.2) is 18.2 Å². The molecule has 3 aliphatic carbocycles. The van der Waals surface area contributed by atoms with Gasteiger partial charge < -0.3 is 5.11 Å². The lowest BCUT2D eigenvalue weighted by Gasteiger charge is -2.50. The van der Waals surface area contributed by atoms with Crippen LogP contribution in [0.4, 0.5) is 5.69 Å². The molecule has 3 aliphatic rings. The zero-order chi connectivity index (χ0) is 21.0. The maximum absolute atomic E-state index is 12.3. The van der Waals surface area contributed by atoms with Crippen molar-refractivity contribution in [3.8, 4) is 0 Å². The molecule has 160 valence electrons. The van der Waals surface area contributed by atoms with Crippen molar-refractivity contribution in [2.75, 3.05) is 4.31 Å². The number of rotatable bonds is 4. The molecule has 1 amide bonds. The van der Waals surface area contributed by atoms with Gasteiger partial charge in [0, 0.05) is 6.42 Å². The fourth-order valence-electron chi connectivity index (χ4n) is 6.39. The van der Waals surface area contributed by atoms with Gasteiger partial charge in [-0.1, -0.05) is 19.9 Å². The lowest BCUT2D eigenvalue weighted by molar-refractivity contribution is -0.117. The molecule has 1 aromatic carbocycles. The van der Waals surface area contributed by atoms with Crippen LogP contribution in [0, 0.1) is 17.3 Å². The Hall–Kier alpha value is -1.44. The molecule has 0 radical (unpaired) electrons. The van der Waals surface area contributed by atoms with Gasteiger partial charge in [-0.25, -0.2) is 0 Å². The smallest absolute Gasteiger partial charge is 0.366 e. The highest BCUT2D eigenvalue weighted by molar-refractivity contribution is 7.88. The highest BCUT2D eigenvalue weighted by Gasteiger charge is 2.54. The van der Waals surface area contributed by atoms with Crippen LogP contribution in [0.5, 0.6) is 0 Å². The number of hydrogen-bond acceptors (Lipinski definition) is 4. The molecule has 29 heavy (non-hydrogen) atoms. The molecule has 0 aromatic heterocycles. The van der Waals surface area contributed by atoms with E-state index in [0.717, 1.165) is 44.1 Å². The van der Waals surface area contributed by atoms with Crippen LogP contribution in [0.2, 0.25) is 0 Å². The molecular weight excluding hydrogens is 390 g/mol. The van der Waals surface area contributed by atoms with E-state index < -0.39 is 16.2 Å². The molecule has 1 aromatic rings. The van der Waals surface area contributed by atoms with Crippen molar-refractivity contribution in [1.29, 1.82) is 0 Å². The Balaban J connectivity index is 1.66. The summed E-state index contributed by atoms with van der Waals surface area (Å²) in [6.07, 6.45) is 6.20. The van der Waals surface area contributed by atoms with Gasteiger partial charge in [-0.3, -0.25) is 9.35 Å². The molecule has 2 fully saturated rings. The van der Waals surface area contributed by atoms with Gasteiger partial charge >= 0.3 is 10.3 Å². The highest BCUT2D eigenvalue weighted by Crippen LogP contribution is 2.60. The zero-order valence-corrected chi connectivity index (χ0v) is 18.0. The zero-order valence-electron chi connectivity index (χ0n) is 17.2. The molecule has 7 heteroatoms. The SMILES string of the molecule is CCCC(=O)N(c1ccc2c(c1)CCC1C2CC[C@@]2(C)C1CC[C@@H]2O)S(=O)(=O)O. The molecule has 0 bridgehead atoms. The van der Waals surface area contributed by atoms with Crippen LogP contribution < -0.4 is 4.31 Å². The number of benzene rings is 1. The summed E-state index contributed by atoms with van der Waals surface area (Å²) in [4.78, 5) is 12.3. The predicted molar refractivity (Wildman–Crippen MR) is 111 cm³/mol. The molecular formula is C22H31NO5S. The van der Waals surface area contributed by atoms with Gasteiger partial charge in [0.2, 0.25) is 5.91 Å². The number of aliphatic hydroxyl groups excluding tert-OH is 1. The van der Waals surface area contributed by atoms with Gasteiger partial charge in [-0.05, 0) is 91.4 Å². The molecule has 5 atom stereocenters. The van der Waals surface area contributed by atoms with Crippen molar-refractivity contribution < 1.29 is 22.9 Å². The maximum atomic E-state index is 12.3. The number of nitrogens with zero attached hydrogens (tertiary/aromatic N) is 1. The first-order chi connectivity index (χ1) is 13.7. The summed E-state index contributed by atoms with van der Waals surface area (Å²) in [7, 11) is -4.66. The largest absolute Gasteiger partial charge is 0.393 e. The van der Waals surface area contributed by atoms with E-state index in [1.54, 1.807) is 19.1 Å². The van der Waals surface area contributed by atoms with Gasteiger partial charge in [0.25, 0.3) is 0 Å². The number of amides is 1. The number of carbonyl (C=O) groups is 1. The van der Waals surface area contributed by atoms with Crippen molar-refractivity contribution >= 4 is 21.9 Å². The minimum Gasteiger partial charge on any atom is -0.393 e. The second-order valence-electron chi connectivity index (χ2n) is 9.32. The van der Waals surface area contributed by atoms with E-state index in [9.17, 15) is 22.9 Å². The van der Waals surface area contributed by atoms with Gasteiger partial charge in [-0.2, -0.15) is 12.7 Å². The first kappa shape index (κ1) is 20.8. The van der Waals surface area contributed by atoms with E-state index in [1.165, 1.54) is 5.56 Å². The lowest BCUT2D eigenvalue weighted by atomic mass is 9.55. The van der Waals surface area contributed by atoms with Crippen LogP contribution in [0.25, 0.3) is 0 Å². The van der Waals surface area contributed by atoms with Crippen LogP contribution in [0.1, 0.15) is 75.8 Å². The molecule has 6 nitrogen and oxygen atoms in total. The standard InChI is InChI=1S/C22H31NO5S/c1-3-4-21(25)23(29(26,27)28)15-6-8-16-14(13-15)5-7-18-17(16)11-12-22(2)19(18)9-10-20(22)24/h6,8,13,17-20,24H,3-5,7,9-12H2,1-2H3,(H,26,27,28)/t17?,18?,19?,20-,22-/m0/s1. The first-order valence-electron chi connectivity index (χ1n) is 10.8. The van der Waals surface area contributed by atoms with Crippen LogP contribution >= 0.6 is 0 Å². The Morgan fingerprint density at radius 1 is 1.24 bits per heavy atom. The third kappa shape index (κ3) is 3.41. The van der Waals surface area contributed by atoms with Gasteiger partial charge in [0.15, 0.2) is 0 Å². The minimum atomic E-state index is -4.66. The number of aliphatic hydroxyl groups is 1. The Bertz CT molecular complexity index is 914. The molecule has 0 aliphatic heterocycles. The monoisotopic (exact) mass is 421 g/mol. The van der Waals surface area contributed by atoms with Crippen molar-refractivity contribution in [1.82, 2.24) is 0 Å². The van der Waals surface area contributed by atoms with E-state index in [4.69, 9.17) is 0 Å². The summed E-state index contributed by atoms with van der Waals surface area (Å²) in [6.45, 7) is 4.04. The van der Waals surface area contributed by atoms with E-state index >= 15 is 0 Å². The van der Waals surface area contributed by atoms with E-state index in [2.05, 4.69) is 6.92 Å². The summed E-state index contributed by atoms with van der Waals surface area (Å²) in [6, 6.07) is 5.37. The summed E-state index contributed by atoms with van der Waals surface area (Å²) < 4.78 is 33.9. The first-order valence-corrected chi connectivity index (χ1v) is 12.2. The molecule has 2 saturated carbocycles. The number of carbonyl (C=O) groups excluding carboxylic acids is 1. The van der Waals surface area contributed by atoms with E-state index in [1.807, 2.05) is 6.07 Å². The summed E-state index contributed by atoms with van der Waals surface area (Å²) in [5, 5.41) is 10.5. The van der Waals surface area contributed by atoms with Crippen LogP contribution in [-0.2, 0) is 21.5 Å². The number of hydrogen-bond donors (Lipinski definition) is 2. The summed E-state index contributed by atoms with van der Waals surface area (Å²) in [5.41, 5.74) is 2.56. The van der Waals surface area contributed by atoms with Crippen molar-refractivity contribution in [2.24, 2.45) is 17.3 Å². The average molecular weight is 422 g/mol. The summed E-state index contributed by atoms with van der Waals surface area (Å²) >= 11 is 0. The third-order valence-electron chi connectivity index (χ3n) is 7.82. The van der Waals surface area contributed by atoms with Crippen molar-refractivity contribution in [3.05, 3.63) is 29.3 Å². The quantitative estimate of drug-likeness (QED) is 0.720. The molecule has 0 saturated heterocycles. The molecule has 4 rings (SSSR count). The molecule has 0 heterocycles. The second kappa shape index (κ2) is 7.36. The molecule has 3 unspecified atom stereocenters. The normalized spacial score (nSPS) is 33.5. The topological polar surface area (TPSA) is 94.9 Å². The van der Waals surface area contributed by atoms with Crippen molar-refractivity contribution in [3.63, 3.8) is 0 Å². The highest BCUT2D eigenvalue weighted by atomic mass is 32.2. The van der Waals surface area contributed by atoms with E-state index in [0.29, 0.717) is 28.5 Å². The third-order valence-corrected chi connectivity index (χ3v) is 8.69. The lowest BCUT2D eigenvalue weighted by Crippen LogP contribution is -2.44. The van der Waals surface area contributed by atoms with E-state index in [-0.39, 0.29) is 23.6 Å². The van der Waals surface area contributed by atoms with Gasteiger partial charge in [0.05, 0.1) is 11.8 Å². The predicted octanol–water partition coefficient (Wildman–Crippen LogP) is 3.84. The van der Waals surface area contributed by atoms with Crippen molar-refractivity contribution in [2.45, 2.75) is 77.2 Å². The second-order valence-corrected chi connectivity index (χ2v) is 10.6. The molecule has 2 N–H and O–H groups in total. The summed E-state index contributed by atoms with van der Waals surface area (Å²) in [5.74, 6) is 0.881. The minimum absolute atomic E-state index is 0.0208. The van der Waals surface area contributed by atoms with Crippen LogP contribution in [0.3, 0.4) is 0 Å². The Morgan fingerprint density at radius 3 is 2.69 bits per heavy atom. The fourth-order valence-corrected chi connectivity index (χ4v) is 7.12.